The number of hydrogen-bond donors (Lipinski definition) is 0. The highest BCUT2D eigenvalue weighted by Crippen LogP contribution is 2.29. The smallest absolute Gasteiger partial charge is 0.339 e. The normalized spacial score (nSPS) is 18.9. The van der Waals surface area contributed by atoms with Crippen molar-refractivity contribution in [1.29, 1.82) is 0 Å². The molecule has 0 bridgehead atoms. The summed E-state index contributed by atoms with van der Waals surface area (Å²) >= 11 is 0. The van der Waals surface area contributed by atoms with Gasteiger partial charge in [-0.05, 0) is 18.4 Å². The molecule has 27 heavy (non-hydrogen) atoms. The maximum absolute atomic E-state index is 12.6. The molecule has 2 amide bonds. The Morgan fingerprint density at radius 3 is 2.19 bits per heavy atom. The van der Waals surface area contributed by atoms with E-state index < -0.39 is 11.9 Å². The van der Waals surface area contributed by atoms with E-state index in [1.165, 1.54) is 25.7 Å². The van der Waals surface area contributed by atoms with Gasteiger partial charge in [0.05, 0.1) is 0 Å². The maximum Gasteiger partial charge on any atom is 0.435 e. The molecule has 1 aliphatic carbocycles. The third kappa shape index (κ3) is 5.23. The minimum atomic E-state index is -4.52. The van der Waals surface area contributed by atoms with Crippen LogP contribution in [0.3, 0.4) is 0 Å². The first kappa shape index (κ1) is 19.7. The van der Waals surface area contributed by atoms with E-state index in [1.807, 2.05) is 0 Å². The number of carbonyl (C=O) groups is 2. The fourth-order valence-corrected chi connectivity index (χ4v) is 3.83. The molecule has 0 atom stereocenters. The second-order valence-electron chi connectivity index (χ2n) is 7.35. The number of amides is 2. The molecule has 0 spiro atoms. The molecule has 1 aromatic rings. The van der Waals surface area contributed by atoms with Crippen LogP contribution in [0.4, 0.5) is 13.2 Å². The Labute approximate surface area is 156 Å². The van der Waals surface area contributed by atoms with Crippen LogP contribution in [0.1, 0.15) is 44.2 Å². The number of rotatable bonds is 5. The van der Waals surface area contributed by atoms with Gasteiger partial charge in [-0.3, -0.25) is 14.3 Å². The van der Waals surface area contributed by atoms with Crippen LogP contribution in [0.25, 0.3) is 0 Å². The van der Waals surface area contributed by atoms with Gasteiger partial charge in [0.1, 0.15) is 6.54 Å². The van der Waals surface area contributed by atoms with E-state index in [-0.39, 0.29) is 18.4 Å². The van der Waals surface area contributed by atoms with E-state index >= 15 is 0 Å². The number of piperazine rings is 1. The number of nitrogens with zero attached hydrogens (tertiary/aromatic N) is 4. The molecule has 6 nitrogen and oxygen atoms in total. The SMILES string of the molecule is O=C(CCC1CCCC1)N1CCN(C(=O)Cn2ccc(C(F)(F)F)n2)CC1. The van der Waals surface area contributed by atoms with Crippen LogP contribution in [0.15, 0.2) is 12.3 Å². The zero-order valence-corrected chi connectivity index (χ0v) is 15.2. The second kappa shape index (κ2) is 8.31. The van der Waals surface area contributed by atoms with Gasteiger partial charge in [0.15, 0.2) is 5.69 Å². The van der Waals surface area contributed by atoms with Crippen molar-refractivity contribution in [3.8, 4) is 0 Å². The fourth-order valence-electron chi connectivity index (χ4n) is 3.83. The van der Waals surface area contributed by atoms with Crippen LogP contribution >= 0.6 is 0 Å². The molecule has 0 radical (unpaired) electrons. The highest BCUT2D eigenvalue weighted by molar-refractivity contribution is 5.78. The van der Waals surface area contributed by atoms with E-state index in [4.69, 9.17) is 0 Å². The van der Waals surface area contributed by atoms with E-state index in [9.17, 15) is 22.8 Å². The maximum atomic E-state index is 12.6. The van der Waals surface area contributed by atoms with Crippen LogP contribution in [0, 0.1) is 5.92 Å². The molecule has 0 aromatic carbocycles. The van der Waals surface area contributed by atoms with Crippen molar-refractivity contribution in [2.75, 3.05) is 26.2 Å². The number of alkyl halides is 3. The summed E-state index contributed by atoms with van der Waals surface area (Å²) in [4.78, 5) is 28.0. The van der Waals surface area contributed by atoms with Crippen molar-refractivity contribution in [2.24, 2.45) is 5.92 Å². The molecular formula is C18H25F3N4O2. The lowest BCUT2D eigenvalue weighted by Crippen LogP contribution is -2.51. The number of aromatic nitrogens is 2. The van der Waals surface area contributed by atoms with Crippen molar-refractivity contribution in [1.82, 2.24) is 19.6 Å². The van der Waals surface area contributed by atoms with Crippen LogP contribution in [0.2, 0.25) is 0 Å². The lowest BCUT2D eigenvalue weighted by molar-refractivity contribution is -0.142. The van der Waals surface area contributed by atoms with Crippen molar-refractivity contribution in [2.45, 2.75) is 51.2 Å². The molecular weight excluding hydrogens is 361 g/mol. The van der Waals surface area contributed by atoms with Crippen molar-refractivity contribution >= 4 is 11.8 Å². The van der Waals surface area contributed by atoms with Gasteiger partial charge in [-0.2, -0.15) is 18.3 Å². The quantitative estimate of drug-likeness (QED) is 0.782. The third-order valence-electron chi connectivity index (χ3n) is 5.45. The largest absolute Gasteiger partial charge is 0.435 e. The molecule has 2 fully saturated rings. The first-order valence-electron chi connectivity index (χ1n) is 9.49. The van der Waals surface area contributed by atoms with E-state index in [0.717, 1.165) is 23.4 Å². The average molecular weight is 386 g/mol. The third-order valence-corrected chi connectivity index (χ3v) is 5.45. The Kier molecular flexibility index (Phi) is 6.06. The predicted octanol–water partition coefficient (Wildman–Crippen LogP) is 2.54. The average Bonchev–Trinajstić information content (AvgIpc) is 3.31. The Morgan fingerprint density at radius 1 is 1.04 bits per heavy atom. The number of carbonyl (C=O) groups excluding carboxylic acids is 2. The summed E-state index contributed by atoms with van der Waals surface area (Å²) in [5.74, 6) is 0.522. The monoisotopic (exact) mass is 386 g/mol. The fraction of sp³-hybridized carbons (Fsp3) is 0.722. The summed E-state index contributed by atoms with van der Waals surface area (Å²) in [6.07, 6.45) is 3.12. The number of hydrogen-bond acceptors (Lipinski definition) is 3. The molecule has 1 saturated carbocycles. The highest BCUT2D eigenvalue weighted by atomic mass is 19.4. The Balaban J connectivity index is 1.42. The molecule has 0 unspecified atom stereocenters. The Bertz CT molecular complexity index is 660. The molecule has 2 aliphatic rings. The zero-order valence-electron chi connectivity index (χ0n) is 15.2. The van der Waals surface area contributed by atoms with Crippen LogP contribution in [0.5, 0.6) is 0 Å². The second-order valence-corrected chi connectivity index (χ2v) is 7.35. The van der Waals surface area contributed by atoms with Crippen molar-refractivity contribution in [3.05, 3.63) is 18.0 Å². The van der Waals surface area contributed by atoms with Gasteiger partial charge in [0.2, 0.25) is 11.8 Å². The molecule has 2 heterocycles. The highest BCUT2D eigenvalue weighted by Gasteiger charge is 2.34. The Hall–Kier alpha value is -2.06. The first-order valence-corrected chi connectivity index (χ1v) is 9.49. The van der Waals surface area contributed by atoms with Gasteiger partial charge in [-0.25, -0.2) is 0 Å². The van der Waals surface area contributed by atoms with Crippen molar-refractivity contribution in [3.63, 3.8) is 0 Å². The molecule has 3 rings (SSSR count). The standard InChI is InChI=1S/C18H25F3N4O2/c19-18(20,21)15-7-8-25(22-15)13-17(27)24-11-9-23(10-12-24)16(26)6-5-14-3-1-2-4-14/h7-8,14H,1-6,9-13H2. The molecule has 1 saturated heterocycles. The summed E-state index contributed by atoms with van der Waals surface area (Å²) < 4.78 is 38.7. The lowest BCUT2D eigenvalue weighted by Gasteiger charge is -2.35. The minimum Gasteiger partial charge on any atom is -0.339 e. The van der Waals surface area contributed by atoms with Crippen molar-refractivity contribution < 1.29 is 22.8 Å². The summed E-state index contributed by atoms with van der Waals surface area (Å²) in [6.45, 7) is 1.53. The van der Waals surface area contributed by atoms with E-state index in [2.05, 4.69) is 5.10 Å². The van der Waals surface area contributed by atoms with Gasteiger partial charge in [-0.15, -0.1) is 0 Å². The van der Waals surface area contributed by atoms with Gasteiger partial charge < -0.3 is 9.80 Å². The summed E-state index contributed by atoms with van der Waals surface area (Å²) in [6, 6.07) is 0.855. The topological polar surface area (TPSA) is 58.4 Å². The van der Waals surface area contributed by atoms with Gasteiger partial charge in [0.25, 0.3) is 0 Å². The molecule has 1 aromatic heterocycles. The van der Waals surface area contributed by atoms with Gasteiger partial charge in [0, 0.05) is 38.8 Å². The molecule has 1 aliphatic heterocycles. The summed E-state index contributed by atoms with van der Waals surface area (Å²) in [5, 5.41) is 3.40. The van der Waals surface area contributed by atoms with Gasteiger partial charge in [-0.1, -0.05) is 25.7 Å². The molecule has 9 heteroatoms. The molecule has 150 valence electrons. The first-order chi connectivity index (χ1) is 12.8. The van der Waals surface area contributed by atoms with E-state index in [0.29, 0.717) is 38.5 Å². The van der Waals surface area contributed by atoms with Gasteiger partial charge >= 0.3 is 6.18 Å². The summed E-state index contributed by atoms with van der Waals surface area (Å²) in [7, 11) is 0. The summed E-state index contributed by atoms with van der Waals surface area (Å²) in [5.41, 5.74) is -1.01. The minimum absolute atomic E-state index is 0.135. The predicted molar refractivity (Wildman–Crippen MR) is 91.6 cm³/mol. The zero-order chi connectivity index (χ0) is 19.4. The van der Waals surface area contributed by atoms with Crippen LogP contribution in [-0.4, -0.2) is 57.6 Å². The van der Waals surface area contributed by atoms with Crippen LogP contribution < -0.4 is 0 Å². The van der Waals surface area contributed by atoms with Crippen LogP contribution in [-0.2, 0) is 22.3 Å². The van der Waals surface area contributed by atoms with E-state index in [1.54, 1.807) is 9.80 Å². The molecule has 0 N–H and O–H groups in total. The lowest BCUT2D eigenvalue weighted by atomic mass is 10.0. The Morgan fingerprint density at radius 2 is 1.63 bits per heavy atom. The number of halogens is 3.